The van der Waals surface area contributed by atoms with E-state index in [1.807, 2.05) is 0 Å². The van der Waals surface area contributed by atoms with Gasteiger partial charge in [-0.15, -0.1) is 0 Å². The number of para-hydroxylation sites is 1. The van der Waals surface area contributed by atoms with E-state index < -0.39 is 0 Å². The lowest BCUT2D eigenvalue weighted by atomic mass is 9.86. The molecule has 11 rings (SSSR count). The van der Waals surface area contributed by atoms with Crippen molar-refractivity contribution < 1.29 is 4.74 Å². The Balaban J connectivity index is 1.03. The topological polar surface area (TPSA) is 12.5 Å². The van der Waals surface area contributed by atoms with E-state index in [1.54, 1.807) is 0 Å². The number of fused-ring (bicyclic) bond motifs is 6. The Bertz CT molecular complexity index is 3040. The van der Waals surface area contributed by atoms with Crippen molar-refractivity contribution in [1.82, 2.24) is 0 Å². The molecule has 0 spiro atoms. The summed E-state index contributed by atoms with van der Waals surface area (Å²) in [6.07, 6.45) is 0. The van der Waals surface area contributed by atoms with Crippen LogP contribution in [0.4, 0.5) is 17.1 Å². The van der Waals surface area contributed by atoms with Crippen LogP contribution >= 0.6 is 0 Å². The molecule has 10 aromatic carbocycles. The number of nitrogens with zero attached hydrogens (tertiary/aromatic N) is 1. The van der Waals surface area contributed by atoms with Gasteiger partial charge in [-0.2, -0.15) is 0 Å². The third-order valence-electron chi connectivity index (χ3n) is 11.7. The van der Waals surface area contributed by atoms with Crippen molar-refractivity contribution in [1.29, 1.82) is 0 Å². The van der Waals surface area contributed by atoms with Crippen LogP contribution in [0.5, 0.6) is 11.5 Å². The SMILES string of the molecule is c1ccc(-c2ccc(N(c3ccc(-c4ccccc4)cc3)c3ccc(-c4cccc5c4Oc4cc6ccccc6cc4-c4c(-c6ccccc6)cccc4-5)cc3)cc2)cc1. The summed E-state index contributed by atoms with van der Waals surface area (Å²) in [6, 6.07) is 84.6. The molecule has 0 fully saturated rings. The minimum absolute atomic E-state index is 0.852. The fourth-order valence-electron chi connectivity index (χ4n) is 8.73. The van der Waals surface area contributed by atoms with Crippen LogP contribution in [0.3, 0.4) is 0 Å². The first-order chi connectivity index (χ1) is 29.7. The number of hydrogen-bond acceptors (Lipinski definition) is 2. The van der Waals surface area contributed by atoms with Crippen molar-refractivity contribution in [2.75, 3.05) is 4.90 Å². The van der Waals surface area contributed by atoms with E-state index in [4.69, 9.17) is 4.74 Å². The lowest BCUT2D eigenvalue weighted by molar-refractivity contribution is 0.490. The summed E-state index contributed by atoms with van der Waals surface area (Å²) in [5.41, 5.74) is 17.0. The number of hydrogen-bond donors (Lipinski definition) is 0. The zero-order valence-electron chi connectivity index (χ0n) is 32.9. The predicted octanol–water partition coefficient (Wildman–Crippen LogP) is 16.4. The molecule has 0 amide bonds. The number of anilines is 3. The largest absolute Gasteiger partial charge is 0.455 e. The van der Waals surface area contributed by atoms with Crippen molar-refractivity contribution in [2.24, 2.45) is 0 Å². The van der Waals surface area contributed by atoms with Crippen LogP contribution in [0, 0.1) is 0 Å². The molecule has 0 saturated heterocycles. The summed E-state index contributed by atoms with van der Waals surface area (Å²) in [5, 5.41) is 2.33. The van der Waals surface area contributed by atoms with E-state index in [2.05, 4.69) is 241 Å². The molecule has 0 saturated carbocycles. The van der Waals surface area contributed by atoms with Crippen molar-refractivity contribution in [3.63, 3.8) is 0 Å². The predicted molar refractivity (Wildman–Crippen MR) is 251 cm³/mol. The summed E-state index contributed by atoms with van der Waals surface area (Å²) in [6.45, 7) is 0. The third kappa shape index (κ3) is 6.41. The van der Waals surface area contributed by atoms with Gasteiger partial charge in [0.05, 0.1) is 0 Å². The van der Waals surface area contributed by atoms with Gasteiger partial charge in [0, 0.05) is 39.3 Å². The van der Waals surface area contributed by atoms with E-state index in [0.29, 0.717) is 0 Å². The van der Waals surface area contributed by atoms with E-state index in [0.717, 1.165) is 61.8 Å². The first-order valence-electron chi connectivity index (χ1n) is 20.5. The van der Waals surface area contributed by atoms with Gasteiger partial charge < -0.3 is 9.64 Å². The van der Waals surface area contributed by atoms with Gasteiger partial charge in [0.1, 0.15) is 11.5 Å². The molecule has 0 atom stereocenters. The van der Waals surface area contributed by atoms with Gasteiger partial charge in [-0.25, -0.2) is 0 Å². The number of rotatable bonds is 7. The van der Waals surface area contributed by atoms with Crippen LogP contribution in [0.15, 0.2) is 237 Å². The van der Waals surface area contributed by atoms with E-state index in [-0.39, 0.29) is 0 Å². The third-order valence-corrected chi connectivity index (χ3v) is 11.7. The standard InChI is InChI=1S/C58H39NO/c1-4-14-40(15-5-1)42-26-32-48(33-27-42)59(49-34-28-43(29-35-49)41-16-6-2-7-17-41)50-36-30-45(31-37-50)52-23-13-25-54-53-24-12-22-51(44-18-8-3-9-19-44)57(53)55-38-46-20-10-11-21-47(46)39-56(55)60-58(52)54/h1-39H. The van der Waals surface area contributed by atoms with Crippen LogP contribution in [0.25, 0.3) is 77.5 Å². The molecule has 10 aromatic rings. The fraction of sp³-hybridized carbons (Fsp3) is 0. The van der Waals surface area contributed by atoms with Crippen LogP contribution in [-0.2, 0) is 0 Å². The Kier molecular flexibility index (Phi) is 8.87. The lowest BCUT2D eigenvalue weighted by Crippen LogP contribution is -2.09. The zero-order chi connectivity index (χ0) is 39.8. The molecular weight excluding hydrogens is 727 g/mol. The van der Waals surface area contributed by atoms with Crippen LogP contribution in [-0.4, -0.2) is 0 Å². The molecule has 1 aliphatic rings. The van der Waals surface area contributed by atoms with E-state index in [1.165, 1.54) is 44.3 Å². The van der Waals surface area contributed by atoms with Gasteiger partial charge in [0.2, 0.25) is 0 Å². The molecule has 60 heavy (non-hydrogen) atoms. The highest BCUT2D eigenvalue weighted by molar-refractivity contribution is 6.03. The fourth-order valence-corrected chi connectivity index (χ4v) is 8.73. The summed E-state index contributed by atoms with van der Waals surface area (Å²) in [4.78, 5) is 2.33. The highest BCUT2D eigenvalue weighted by Gasteiger charge is 2.26. The van der Waals surface area contributed by atoms with Crippen molar-refractivity contribution in [3.05, 3.63) is 237 Å². The first-order valence-corrected chi connectivity index (χ1v) is 20.5. The zero-order valence-corrected chi connectivity index (χ0v) is 32.9. The van der Waals surface area contributed by atoms with Gasteiger partial charge in [-0.3, -0.25) is 0 Å². The Morgan fingerprint density at radius 2 is 0.667 bits per heavy atom. The average molecular weight is 766 g/mol. The highest BCUT2D eigenvalue weighted by atomic mass is 16.5. The second-order valence-electron chi connectivity index (χ2n) is 15.3. The molecule has 1 aliphatic heterocycles. The van der Waals surface area contributed by atoms with Crippen LogP contribution < -0.4 is 9.64 Å². The summed E-state index contributed by atoms with van der Waals surface area (Å²) >= 11 is 0. The molecule has 0 radical (unpaired) electrons. The molecular formula is C58H39NO. The van der Waals surface area contributed by atoms with Gasteiger partial charge in [0.25, 0.3) is 0 Å². The summed E-state index contributed by atoms with van der Waals surface area (Å²) in [5.74, 6) is 1.71. The van der Waals surface area contributed by atoms with E-state index in [9.17, 15) is 0 Å². The minimum Gasteiger partial charge on any atom is -0.455 e. The van der Waals surface area contributed by atoms with Gasteiger partial charge in [-0.1, -0.05) is 188 Å². The molecule has 2 heteroatoms. The van der Waals surface area contributed by atoms with Crippen molar-refractivity contribution in [3.8, 4) is 78.3 Å². The van der Waals surface area contributed by atoms with Gasteiger partial charge in [-0.05, 0) is 104 Å². The quantitative estimate of drug-likeness (QED) is 0.160. The highest BCUT2D eigenvalue weighted by Crippen LogP contribution is 2.53. The molecule has 0 aliphatic carbocycles. The van der Waals surface area contributed by atoms with Gasteiger partial charge in [0.15, 0.2) is 0 Å². The number of benzene rings is 10. The molecule has 2 nitrogen and oxygen atoms in total. The number of ether oxygens (including phenoxy) is 1. The Morgan fingerprint density at radius 1 is 0.267 bits per heavy atom. The summed E-state index contributed by atoms with van der Waals surface area (Å²) < 4.78 is 7.17. The summed E-state index contributed by atoms with van der Waals surface area (Å²) in [7, 11) is 0. The first kappa shape index (κ1) is 35.2. The Morgan fingerprint density at radius 3 is 1.22 bits per heavy atom. The average Bonchev–Trinajstić information content (AvgIpc) is 3.46. The van der Waals surface area contributed by atoms with Crippen LogP contribution in [0.1, 0.15) is 0 Å². The Hall–Kier alpha value is -7.94. The molecule has 0 aromatic heterocycles. The van der Waals surface area contributed by atoms with Gasteiger partial charge >= 0.3 is 0 Å². The monoisotopic (exact) mass is 765 g/mol. The molecule has 1 heterocycles. The minimum atomic E-state index is 0.852. The Labute approximate surface area is 350 Å². The normalized spacial score (nSPS) is 11.5. The maximum Gasteiger partial charge on any atom is 0.143 e. The van der Waals surface area contributed by atoms with Crippen molar-refractivity contribution in [2.45, 2.75) is 0 Å². The lowest BCUT2D eigenvalue weighted by Gasteiger charge is -2.26. The van der Waals surface area contributed by atoms with Crippen molar-refractivity contribution >= 4 is 27.8 Å². The maximum absolute atomic E-state index is 7.17. The second kappa shape index (κ2) is 15.1. The molecule has 282 valence electrons. The van der Waals surface area contributed by atoms with Crippen LogP contribution in [0.2, 0.25) is 0 Å². The molecule has 0 unspecified atom stereocenters. The second-order valence-corrected chi connectivity index (χ2v) is 15.3. The smallest absolute Gasteiger partial charge is 0.143 e. The van der Waals surface area contributed by atoms with E-state index >= 15 is 0 Å². The maximum atomic E-state index is 7.17. The molecule has 0 N–H and O–H groups in total. The molecule has 0 bridgehead atoms.